The maximum Gasteiger partial charge on any atom is 0.338 e. The van der Waals surface area contributed by atoms with Crippen LogP contribution in [-0.2, 0) is 14.3 Å². The van der Waals surface area contributed by atoms with Crippen molar-refractivity contribution >= 4 is 29.2 Å². The minimum atomic E-state index is -1.14. The molecular formula is C20H17N3O4. The van der Waals surface area contributed by atoms with Crippen molar-refractivity contribution in [2.24, 2.45) is 0 Å². The topological polar surface area (TPSA) is 99.5 Å². The molecule has 0 aliphatic carbocycles. The quantitative estimate of drug-likeness (QED) is 0.845. The molecule has 0 spiro atoms. The summed E-state index contributed by atoms with van der Waals surface area (Å²) in [6.45, 7) is 2.71. The predicted molar refractivity (Wildman–Crippen MR) is 98.1 cm³/mol. The number of nitrogens with one attached hydrogen (secondary N) is 1. The molecule has 0 atom stereocenters. The van der Waals surface area contributed by atoms with Gasteiger partial charge in [-0.25, -0.2) is 4.79 Å². The molecule has 1 N–H and O–H groups in total. The van der Waals surface area contributed by atoms with Crippen LogP contribution in [0.1, 0.15) is 29.8 Å². The largest absolute Gasteiger partial charge is 0.452 e. The number of hydrogen-bond donors (Lipinski definition) is 1. The van der Waals surface area contributed by atoms with Crippen molar-refractivity contribution in [3.8, 4) is 6.07 Å². The molecule has 1 aliphatic heterocycles. The van der Waals surface area contributed by atoms with Gasteiger partial charge in [-0.2, -0.15) is 5.26 Å². The molecule has 27 heavy (non-hydrogen) atoms. The van der Waals surface area contributed by atoms with E-state index < -0.39 is 24.0 Å². The van der Waals surface area contributed by atoms with Crippen LogP contribution in [0.4, 0.5) is 11.4 Å². The van der Waals surface area contributed by atoms with Gasteiger partial charge in [-0.1, -0.05) is 18.2 Å². The van der Waals surface area contributed by atoms with Gasteiger partial charge < -0.3 is 10.1 Å². The van der Waals surface area contributed by atoms with Gasteiger partial charge >= 0.3 is 5.97 Å². The Balaban J connectivity index is 1.80. The van der Waals surface area contributed by atoms with Crippen molar-refractivity contribution in [1.29, 1.82) is 5.26 Å². The Kier molecular flexibility index (Phi) is 4.65. The summed E-state index contributed by atoms with van der Waals surface area (Å²) in [5.41, 5.74) is 0.410. The fourth-order valence-corrected chi connectivity index (χ4v) is 2.89. The Morgan fingerprint density at radius 3 is 2.67 bits per heavy atom. The van der Waals surface area contributed by atoms with E-state index in [-0.39, 0.29) is 11.5 Å². The van der Waals surface area contributed by atoms with E-state index in [1.165, 1.54) is 17.0 Å². The van der Waals surface area contributed by atoms with Crippen LogP contribution in [0.2, 0.25) is 0 Å². The van der Waals surface area contributed by atoms with Crippen LogP contribution < -0.4 is 10.2 Å². The van der Waals surface area contributed by atoms with E-state index in [1.54, 1.807) is 50.2 Å². The number of nitrogens with zero attached hydrogens (tertiary/aromatic N) is 2. The van der Waals surface area contributed by atoms with E-state index >= 15 is 0 Å². The Labute approximate surface area is 156 Å². The van der Waals surface area contributed by atoms with E-state index in [0.29, 0.717) is 16.9 Å². The maximum atomic E-state index is 12.8. The zero-order chi connectivity index (χ0) is 19.6. The van der Waals surface area contributed by atoms with Crippen LogP contribution >= 0.6 is 0 Å². The number of esters is 1. The highest BCUT2D eigenvalue weighted by molar-refractivity contribution is 6.14. The average molecular weight is 363 g/mol. The van der Waals surface area contributed by atoms with Crippen molar-refractivity contribution in [2.75, 3.05) is 16.8 Å². The summed E-state index contributed by atoms with van der Waals surface area (Å²) in [6.07, 6.45) is 0. The van der Waals surface area contributed by atoms with Gasteiger partial charge in [0.1, 0.15) is 5.54 Å². The number of para-hydroxylation sites is 2. The Hall–Kier alpha value is -3.66. The molecule has 0 fully saturated rings. The molecule has 2 aromatic carbocycles. The van der Waals surface area contributed by atoms with Gasteiger partial charge in [0.25, 0.3) is 5.91 Å². The summed E-state index contributed by atoms with van der Waals surface area (Å²) in [5.74, 6) is -1.57. The number of anilines is 2. The number of nitriles is 1. The number of carbonyl (C=O) groups excluding carboxylic acids is 3. The average Bonchev–Trinajstić information content (AvgIpc) is 2.66. The van der Waals surface area contributed by atoms with E-state index in [1.807, 2.05) is 6.07 Å². The van der Waals surface area contributed by atoms with Gasteiger partial charge in [0, 0.05) is 0 Å². The zero-order valence-corrected chi connectivity index (χ0v) is 14.9. The van der Waals surface area contributed by atoms with Crippen LogP contribution in [0.5, 0.6) is 0 Å². The van der Waals surface area contributed by atoms with E-state index in [2.05, 4.69) is 5.32 Å². The second-order valence-corrected chi connectivity index (χ2v) is 6.53. The first-order valence-corrected chi connectivity index (χ1v) is 8.25. The monoisotopic (exact) mass is 363 g/mol. The third-order valence-corrected chi connectivity index (χ3v) is 4.31. The van der Waals surface area contributed by atoms with Crippen LogP contribution in [0.25, 0.3) is 0 Å². The Morgan fingerprint density at radius 1 is 1.19 bits per heavy atom. The minimum Gasteiger partial charge on any atom is -0.452 e. The van der Waals surface area contributed by atoms with Gasteiger partial charge in [0.2, 0.25) is 5.91 Å². The first-order chi connectivity index (χ1) is 12.8. The van der Waals surface area contributed by atoms with Crippen LogP contribution in [0.15, 0.2) is 48.5 Å². The van der Waals surface area contributed by atoms with Crippen LogP contribution in [0, 0.1) is 11.3 Å². The molecule has 0 aromatic heterocycles. The lowest BCUT2D eigenvalue weighted by molar-refractivity contribution is -0.128. The van der Waals surface area contributed by atoms with Gasteiger partial charge in [-0.15, -0.1) is 0 Å². The molecule has 3 rings (SSSR count). The molecule has 0 bridgehead atoms. The lowest BCUT2D eigenvalue weighted by Crippen LogP contribution is -2.59. The number of benzene rings is 2. The molecule has 136 valence electrons. The van der Waals surface area contributed by atoms with Crippen molar-refractivity contribution in [3.63, 3.8) is 0 Å². The fourth-order valence-electron chi connectivity index (χ4n) is 2.89. The molecule has 1 aliphatic rings. The molecule has 7 heteroatoms. The van der Waals surface area contributed by atoms with E-state index in [9.17, 15) is 14.4 Å². The highest BCUT2D eigenvalue weighted by Crippen LogP contribution is 2.36. The SMILES string of the molecule is CC1(C)C(=O)Nc2ccccc2N1C(=O)COC(=O)c1cccc(C#N)c1. The van der Waals surface area contributed by atoms with E-state index in [4.69, 9.17) is 10.00 Å². The predicted octanol–water partition coefficient (Wildman–Crippen LogP) is 2.48. The highest BCUT2D eigenvalue weighted by Gasteiger charge is 2.43. The summed E-state index contributed by atoms with van der Waals surface area (Å²) in [5, 5.41) is 11.7. The minimum absolute atomic E-state index is 0.179. The molecule has 2 amide bonds. The lowest BCUT2D eigenvalue weighted by atomic mass is 9.96. The Morgan fingerprint density at radius 2 is 1.93 bits per heavy atom. The molecule has 1 heterocycles. The molecule has 7 nitrogen and oxygen atoms in total. The number of hydrogen-bond acceptors (Lipinski definition) is 5. The zero-order valence-electron chi connectivity index (χ0n) is 14.9. The number of carbonyl (C=O) groups is 3. The number of rotatable bonds is 3. The summed E-state index contributed by atoms with van der Waals surface area (Å²) in [4.78, 5) is 38.7. The molecule has 0 saturated heterocycles. The molecule has 0 radical (unpaired) electrons. The highest BCUT2D eigenvalue weighted by atomic mass is 16.5. The van der Waals surface area contributed by atoms with Crippen molar-refractivity contribution < 1.29 is 19.1 Å². The van der Waals surface area contributed by atoms with Gasteiger partial charge in [0.15, 0.2) is 6.61 Å². The van der Waals surface area contributed by atoms with Crippen LogP contribution in [-0.4, -0.2) is 29.9 Å². The number of ether oxygens (including phenoxy) is 1. The molecular weight excluding hydrogens is 346 g/mol. The second kappa shape index (κ2) is 6.92. The standard InChI is InChI=1S/C20H17N3O4/c1-20(2)19(26)22-15-8-3-4-9-16(15)23(20)17(24)12-27-18(25)14-7-5-6-13(10-14)11-21/h3-10H,12H2,1-2H3,(H,22,26). The van der Waals surface area contributed by atoms with E-state index in [0.717, 1.165) is 0 Å². The van der Waals surface area contributed by atoms with Crippen LogP contribution in [0.3, 0.4) is 0 Å². The molecule has 0 saturated carbocycles. The van der Waals surface area contributed by atoms with Gasteiger partial charge in [-0.3, -0.25) is 14.5 Å². The first kappa shape index (κ1) is 18.1. The summed E-state index contributed by atoms with van der Waals surface area (Å²) in [6, 6.07) is 14.9. The Bertz CT molecular complexity index is 975. The first-order valence-electron chi connectivity index (χ1n) is 8.25. The van der Waals surface area contributed by atoms with Gasteiger partial charge in [0.05, 0.1) is 28.6 Å². The smallest absolute Gasteiger partial charge is 0.338 e. The van der Waals surface area contributed by atoms with Gasteiger partial charge in [-0.05, 0) is 44.2 Å². The van der Waals surface area contributed by atoms with Crippen molar-refractivity contribution in [3.05, 3.63) is 59.7 Å². The number of fused-ring (bicyclic) bond motifs is 1. The lowest BCUT2D eigenvalue weighted by Gasteiger charge is -2.41. The maximum absolute atomic E-state index is 12.8. The summed E-state index contributed by atoms with van der Waals surface area (Å²) in [7, 11) is 0. The third-order valence-electron chi connectivity index (χ3n) is 4.31. The molecule has 0 unspecified atom stereocenters. The molecule has 2 aromatic rings. The summed E-state index contributed by atoms with van der Waals surface area (Å²) >= 11 is 0. The second-order valence-electron chi connectivity index (χ2n) is 6.53. The van der Waals surface area contributed by atoms with Crippen molar-refractivity contribution in [1.82, 2.24) is 0 Å². The third kappa shape index (κ3) is 3.37. The van der Waals surface area contributed by atoms with Crippen molar-refractivity contribution in [2.45, 2.75) is 19.4 Å². The fraction of sp³-hybridized carbons (Fsp3) is 0.200. The summed E-state index contributed by atoms with van der Waals surface area (Å²) < 4.78 is 5.11. The normalized spacial score (nSPS) is 14.6. The number of amides is 2.